The van der Waals surface area contributed by atoms with Crippen molar-refractivity contribution in [2.45, 2.75) is 58.3 Å². The van der Waals surface area contributed by atoms with E-state index in [1.54, 1.807) is 0 Å². The van der Waals surface area contributed by atoms with Crippen molar-refractivity contribution in [1.29, 1.82) is 0 Å². The Morgan fingerprint density at radius 2 is 1.94 bits per heavy atom. The van der Waals surface area contributed by atoms with Crippen LogP contribution in [0.1, 0.15) is 58.3 Å². The average Bonchev–Trinajstić information content (AvgIpc) is 2.80. The molecule has 16 heavy (non-hydrogen) atoms. The van der Waals surface area contributed by atoms with E-state index >= 15 is 0 Å². The van der Waals surface area contributed by atoms with Crippen LogP contribution < -0.4 is 5.32 Å². The Balaban J connectivity index is 1.84. The van der Waals surface area contributed by atoms with Gasteiger partial charge in [-0.2, -0.15) is 0 Å². The smallest absolute Gasteiger partial charge is 0.0964 e. The molecule has 1 N–H and O–H groups in total. The zero-order valence-electron chi connectivity index (χ0n) is 10.7. The molecule has 0 amide bonds. The summed E-state index contributed by atoms with van der Waals surface area (Å²) in [6, 6.07) is 0. The Morgan fingerprint density at radius 3 is 2.62 bits per heavy atom. The van der Waals surface area contributed by atoms with E-state index in [0.717, 1.165) is 19.5 Å². The molecule has 2 heteroatoms. The van der Waals surface area contributed by atoms with Crippen LogP contribution in [0.15, 0.2) is 17.1 Å². The van der Waals surface area contributed by atoms with E-state index in [0.29, 0.717) is 0 Å². The molecule has 0 atom stereocenters. The van der Waals surface area contributed by atoms with Gasteiger partial charge in [0.25, 0.3) is 0 Å². The van der Waals surface area contributed by atoms with Gasteiger partial charge in [0, 0.05) is 13.0 Å². The number of aliphatic imine (C=N–C) groups is 1. The van der Waals surface area contributed by atoms with Gasteiger partial charge in [0.1, 0.15) is 0 Å². The number of rotatable bonds is 9. The predicted octanol–water partition coefficient (Wildman–Crippen LogP) is 3.69. The van der Waals surface area contributed by atoms with Crippen LogP contribution in [-0.4, -0.2) is 18.9 Å². The quantitative estimate of drug-likeness (QED) is 0.467. The van der Waals surface area contributed by atoms with Crippen molar-refractivity contribution in [3.05, 3.63) is 12.2 Å². The van der Waals surface area contributed by atoms with Crippen LogP contribution in [-0.2, 0) is 0 Å². The molecular formula is C14H26N2. The zero-order chi connectivity index (χ0) is 11.5. The molecule has 0 spiro atoms. The number of hydrogen-bond acceptors (Lipinski definition) is 2. The van der Waals surface area contributed by atoms with Gasteiger partial charge in [0.15, 0.2) is 0 Å². The Kier molecular flexibility index (Phi) is 7.83. The Morgan fingerprint density at radius 1 is 1.12 bits per heavy atom. The molecule has 0 aliphatic carbocycles. The van der Waals surface area contributed by atoms with Crippen molar-refractivity contribution in [1.82, 2.24) is 5.32 Å². The molecular weight excluding hydrogens is 196 g/mol. The van der Waals surface area contributed by atoms with Crippen LogP contribution >= 0.6 is 0 Å². The lowest BCUT2D eigenvalue weighted by molar-refractivity contribution is 0.673. The number of unbranched alkanes of at least 4 members (excludes halogenated alkanes) is 5. The van der Waals surface area contributed by atoms with Crippen LogP contribution in [0.3, 0.4) is 0 Å². The number of amidine groups is 1. The largest absolute Gasteiger partial charge is 0.372 e. The molecule has 1 aliphatic heterocycles. The summed E-state index contributed by atoms with van der Waals surface area (Å²) >= 11 is 0. The van der Waals surface area contributed by atoms with E-state index in [2.05, 4.69) is 29.4 Å². The summed E-state index contributed by atoms with van der Waals surface area (Å²) in [4.78, 5) is 4.38. The van der Waals surface area contributed by atoms with Gasteiger partial charge >= 0.3 is 0 Å². The molecule has 0 unspecified atom stereocenters. The standard InChI is InChI=1S/C14H26N2/c1-2-3-4-5-6-7-8-9-10-11-14-15-12-13-16-14/h7-8H,2-6,9-13H2,1H3,(H,15,16)/b8-7+. The Labute approximate surface area is 100 Å². The number of allylic oxidation sites excluding steroid dienone is 2. The van der Waals surface area contributed by atoms with Gasteiger partial charge in [-0.15, -0.1) is 0 Å². The van der Waals surface area contributed by atoms with Crippen molar-refractivity contribution in [2.75, 3.05) is 13.1 Å². The summed E-state index contributed by atoms with van der Waals surface area (Å²) in [7, 11) is 0. The molecule has 0 aromatic carbocycles. The van der Waals surface area contributed by atoms with E-state index in [4.69, 9.17) is 0 Å². The van der Waals surface area contributed by atoms with E-state index in [1.165, 1.54) is 50.8 Å². The summed E-state index contributed by atoms with van der Waals surface area (Å²) in [5.74, 6) is 1.22. The van der Waals surface area contributed by atoms with E-state index < -0.39 is 0 Å². The molecule has 0 saturated heterocycles. The maximum atomic E-state index is 4.38. The second-order valence-corrected chi connectivity index (χ2v) is 4.47. The van der Waals surface area contributed by atoms with Crippen LogP contribution in [0.4, 0.5) is 0 Å². The van der Waals surface area contributed by atoms with E-state index in [1.807, 2.05) is 0 Å². The third kappa shape index (κ3) is 6.65. The monoisotopic (exact) mass is 222 g/mol. The van der Waals surface area contributed by atoms with Gasteiger partial charge in [-0.3, -0.25) is 4.99 Å². The minimum absolute atomic E-state index is 0.975. The fraction of sp³-hybridized carbons (Fsp3) is 0.786. The zero-order valence-corrected chi connectivity index (χ0v) is 10.7. The van der Waals surface area contributed by atoms with Crippen molar-refractivity contribution in [3.63, 3.8) is 0 Å². The first-order valence-electron chi connectivity index (χ1n) is 6.85. The van der Waals surface area contributed by atoms with Gasteiger partial charge in [-0.05, 0) is 25.7 Å². The number of nitrogens with one attached hydrogen (secondary N) is 1. The lowest BCUT2D eigenvalue weighted by Gasteiger charge is -1.99. The summed E-state index contributed by atoms with van der Waals surface area (Å²) in [6.45, 7) is 4.28. The lowest BCUT2D eigenvalue weighted by atomic mass is 10.1. The highest BCUT2D eigenvalue weighted by Crippen LogP contribution is 2.05. The fourth-order valence-corrected chi connectivity index (χ4v) is 1.93. The van der Waals surface area contributed by atoms with Crippen LogP contribution in [0, 0.1) is 0 Å². The topological polar surface area (TPSA) is 24.4 Å². The molecule has 0 fully saturated rings. The molecule has 0 aromatic heterocycles. The summed E-state index contributed by atoms with van der Waals surface area (Å²) in [6.07, 6.45) is 15.0. The third-order valence-electron chi connectivity index (χ3n) is 2.92. The van der Waals surface area contributed by atoms with Gasteiger partial charge < -0.3 is 5.32 Å². The van der Waals surface area contributed by atoms with Crippen LogP contribution in [0.2, 0.25) is 0 Å². The van der Waals surface area contributed by atoms with Crippen LogP contribution in [0.5, 0.6) is 0 Å². The SMILES string of the molecule is CCCCCC/C=C/CCCC1=NCCN1. The second kappa shape index (κ2) is 9.44. The summed E-state index contributed by atoms with van der Waals surface area (Å²) in [5.41, 5.74) is 0. The maximum Gasteiger partial charge on any atom is 0.0964 e. The summed E-state index contributed by atoms with van der Waals surface area (Å²) < 4.78 is 0. The minimum Gasteiger partial charge on any atom is -0.372 e. The summed E-state index contributed by atoms with van der Waals surface area (Å²) in [5, 5.41) is 3.31. The molecule has 2 nitrogen and oxygen atoms in total. The maximum absolute atomic E-state index is 4.38. The van der Waals surface area contributed by atoms with Crippen molar-refractivity contribution < 1.29 is 0 Å². The normalized spacial score (nSPS) is 15.4. The Bertz CT molecular complexity index is 219. The molecule has 0 saturated carbocycles. The first-order valence-corrected chi connectivity index (χ1v) is 6.85. The Hall–Kier alpha value is -0.790. The molecule has 92 valence electrons. The molecule has 0 bridgehead atoms. The van der Waals surface area contributed by atoms with Gasteiger partial charge in [-0.25, -0.2) is 0 Å². The highest BCUT2D eigenvalue weighted by Gasteiger charge is 2.02. The van der Waals surface area contributed by atoms with E-state index in [-0.39, 0.29) is 0 Å². The van der Waals surface area contributed by atoms with Gasteiger partial charge in [0.05, 0.1) is 12.4 Å². The first-order chi connectivity index (χ1) is 7.93. The molecule has 1 rings (SSSR count). The van der Waals surface area contributed by atoms with Crippen molar-refractivity contribution in [2.24, 2.45) is 4.99 Å². The molecule has 0 aromatic rings. The first kappa shape index (κ1) is 13.3. The predicted molar refractivity (Wildman–Crippen MR) is 72.1 cm³/mol. The highest BCUT2D eigenvalue weighted by molar-refractivity contribution is 5.83. The number of nitrogens with zero attached hydrogens (tertiary/aromatic N) is 1. The minimum atomic E-state index is 0.975. The van der Waals surface area contributed by atoms with E-state index in [9.17, 15) is 0 Å². The van der Waals surface area contributed by atoms with Crippen LogP contribution in [0.25, 0.3) is 0 Å². The highest BCUT2D eigenvalue weighted by atomic mass is 15.1. The molecule has 0 radical (unpaired) electrons. The third-order valence-corrected chi connectivity index (χ3v) is 2.92. The van der Waals surface area contributed by atoms with Crippen molar-refractivity contribution >= 4 is 5.84 Å². The molecule has 1 heterocycles. The van der Waals surface area contributed by atoms with Gasteiger partial charge in [0.2, 0.25) is 0 Å². The fourth-order valence-electron chi connectivity index (χ4n) is 1.93. The average molecular weight is 222 g/mol. The molecule has 1 aliphatic rings. The van der Waals surface area contributed by atoms with Crippen molar-refractivity contribution in [3.8, 4) is 0 Å². The lowest BCUT2D eigenvalue weighted by Crippen LogP contribution is -2.17. The van der Waals surface area contributed by atoms with Gasteiger partial charge in [-0.1, -0.05) is 38.3 Å². The second-order valence-electron chi connectivity index (χ2n) is 4.47. The number of hydrogen-bond donors (Lipinski definition) is 1.